The molecule has 0 saturated heterocycles. The Labute approximate surface area is 97.4 Å². The summed E-state index contributed by atoms with van der Waals surface area (Å²) < 4.78 is 0. The van der Waals surface area contributed by atoms with E-state index in [4.69, 9.17) is 5.11 Å². The van der Waals surface area contributed by atoms with E-state index in [0.29, 0.717) is 0 Å². The highest BCUT2D eigenvalue weighted by Crippen LogP contribution is 1.96. The number of carboxylic acids is 2. The van der Waals surface area contributed by atoms with E-state index < -0.39 is 36.0 Å². The molecular formula is C9H15N2O6-. The van der Waals surface area contributed by atoms with Crippen molar-refractivity contribution in [1.29, 1.82) is 0 Å². The number of carboxylic acid groups (broad SMARTS) is 2. The van der Waals surface area contributed by atoms with E-state index in [2.05, 4.69) is 5.73 Å². The summed E-state index contributed by atoms with van der Waals surface area (Å²) in [7, 11) is 0. The summed E-state index contributed by atoms with van der Waals surface area (Å²) in [5, 5.41) is 31.8. The van der Waals surface area contributed by atoms with Gasteiger partial charge in [0.1, 0.15) is 0 Å². The first-order valence-corrected chi connectivity index (χ1v) is 4.98. The molecule has 0 fully saturated rings. The van der Waals surface area contributed by atoms with Gasteiger partial charge in [0.05, 0.1) is 18.1 Å². The molecule has 5 N–H and O–H groups in total. The van der Waals surface area contributed by atoms with Gasteiger partial charge in [0.2, 0.25) is 0 Å². The molecule has 0 aliphatic carbocycles. The van der Waals surface area contributed by atoms with Crippen LogP contribution in [0.2, 0.25) is 0 Å². The van der Waals surface area contributed by atoms with Crippen LogP contribution in [0.4, 0.5) is 0 Å². The molecule has 3 atom stereocenters. The number of rotatable bonds is 7. The van der Waals surface area contributed by atoms with Gasteiger partial charge in [-0.05, 0) is 13.3 Å². The monoisotopic (exact) mass is 247 g/mol. The summed E-state index contributed by atoms with van der Waals surface area (Å²) in [6.45, 7) is 1.18. The smallest absolute Gasteiger partial charge is 0.278 e. The Kier molecular flexibility index (Phi) is 6.15. The molecule has 0 aromatic heterocycles. The number of hydrogen-bond donors (Lipinski definition) is 3. The molecule has 0 aliphatic heterocycles. The van der Waals surface area contributed by atoms with Gasteiger partial charge in [-0.1, -0.05) is 0 Å². The predicted octanol–water partition coefficient (Wildman–Crippen LogP) is -5.26. The quantitative estimate of drug-likeness (QED) is 0.407. The summed E-state index contributed by atoms with van der Waals surface area (Å²) in [6, 6.07) is -2.48. The first-order valence-electron chi connectivity index (χ1n) is 4.98. The van der Waals surface area contributed by atoms with E-state index in [1.54, 1.807) is 0 Å². The third kappa shape index (κ3) is 5.83. The van der Waals surface area contributed by atoms with Crippen molar-refractivity contribution in [1.82, 2.24) is 5.32 Å². The van der Waals surface area contributed by atoms with Crippen molar-refractivity contribution in [3.8, 4) is 0 Å². The van der Waals surface area contributed by atoms with Crippen LogP contribution in [0.3, 0.4) is 0 Å². The number of aliphatic hydroxyl groups excluding tert-OH is 1. The zero-order valence-electron chi connectivity index (χ0n) is 9.34. The minimum absolute atomic E-state index is 0.0757. The lowest BCUT2D eigenvalue weighted by atomic mass is 10.1. The minimum atomic E-state index is -1.62. The number of aliphatic carboxylic acids is 2. The maximum absolute atomic E-state index is 11.4. The number of amides is 1. The third-order valence-electron chi connectivity index (χ3n) is 2.10. The second-order valence-corrected chi connectivity index (χ2v) is 3.65. The molecule has 8 heteroatoms. The van der Waals surface area contributed by atoms with E-state index in [1.807, 2.05) is 5.32 Å². The van der Waals surface area contributed by atoms with Gasteiger partial charge in [0, 0.05) is 12.4 Å². The van der Waals surface area contributed by atoms with Gasteiger partial charge < -0.3 is 36.0 Å². The normalized spacial score (nSPS) is 15.7. The fraction of sp³-hybridized carbons (Fsp3) is 0.667. The van der Waals surface area contributed by atoms with Crippen molar-refractivity contribution in [2.45, 2.75) is 38.0 Å². The average Bonchev–Trinajstić information content (AvgIpc) is 2.20. The maximum Gasteiger partial charge on any atom is 0.278 e. The number of nitrogens with one attached hydrogen (secondary N) is 1. The Morgan fingerprint density at radius 2 is 1.88 bits per heavy atom. The van der Waals surface area contributed by atoms with Crippen LogP contribution in [0.25, 0.3) is 0 Å². The second-order valence-electron chi connectivity index (χ2n) is 3.65. The molecule has 17 heavy (non-hydrogen) atoms. The fourth-order valence-corrected chi connectivity index (χ4v) is 1.07. The highest BCUT2D eigenvalue weighted by molar-refractivity contribution is 5.85. The summed E-state index contributed by atoms with van der Waals surface area (Å²) >= 11 is 0. The zero-order chi connectivity index (χ0) is 13.6. The lowest BCUT2D eigenvalue weighted by molar-refractivity contribution is -0.406. The van der Waals surface area contributed by atoms with E-state index in [9.17, 15) is 24.6 Å². The van der Waals surface area contributed by atoms with Crippen LogP contribution < -0.4 is 21.3 Å². The van der Waals surface area contributed by atoms with Crippen LogP contribution in [0, 0.1) is 0 Å². The number of carbonyl (C=O) groups is 3. The zero-order valence-corrected chi connectivity index (χ0v) is 9.34. The van der Waals surface area contributed by atoms with E-state index >= 15 is 0 Å². The lowest BCUT2D eigenvalue weighted by Gasteiger charge is -2.23. The van der Waals surface area contributed by atoms with Crippen molar-refractivity contribution in [3.63, 3.8) is 0 Å². The van der Waals surface area contributed by atoms with Gasteiger partial charge in [-0.2, -0.15) is 0 Å². The lowest BCUT2D eigenvalue weighted by Crippen LogP contribution is -2.69. The highest BCUT2D eigenvalue weighted by Gasteiger charge is 2.24. The Balaban J connectivity index is 4.31. The standard InChI is InChI=1S/C9H16N2O6/c1-4(12)7(9(16)17)11-8(15)5(10)2-3-6(13)14/h4-5,7,12H,2-3,10H2,1H3,(H,11,15)(H,13,14)(H,16,17)/p-1/t4-,5+,7+/m1/s1. The van der Waals surface area contributed by atoms with Crippen LogP contribution >= 0.6 is 0 Å². The van der Waals surface area contributed by atoms with Crippen LogP contribution in [-0.4, -0.2) is 41.1 Å². The molecule has 0 rings (SSSR count). The van der Waals surface area contributed by atoms with E-state index in [-0.39, 0.29) is 12.8 Å². The van der Waals surface area contributed by atoms with Crippen molar-refractivity contribution < 1.29 is 35.4 Å². The number of quaternary nitrogens is 1. The first kappa shape index (κ1) is 15.3. The maximum atomic E-state index is 11.4. The largest absolute Gasteiger partial charge is 0.550 e. The van der Waals surface area contributed by atoms with Crippen LogP contribution in [0.5, 0.6) is 0 Å². The Bertz CT molecular complexity index is 304. The van der Waals surface area contributed by atoms with Gasteiger partial charge in [0.25, 0.3) is 5.91 Å². The number of hydrogen-bond acceptors (Lipinski definition) is 6. The summed E-state index contributed by atoms with van der Waals surface area (Å²) in [5.74, 6) is -3.71. The van der Waals surface area contributed by atoms with Gasteiger partial charge in [0.15, 0.2) is 6.04 Å². The fourth-order valence-electron chi connectivity index (χ4n) is 1.07. The Morgan fingerprint density at radius 3 is 2.24 bits per heavy atom. The molecule has 1 amide bonds. The number of aliphatic hydroxyl groups is 1. The predicted molar refractivity (Wildman–Crippen MR) is 49.5 cm³/mol. The molecule has 0 saturated carbocycles. The Hall–Kier alpha value is -1.67. The molecule has 98 valence electrons. The van der Waals surface area contributed by atoms with Crippen LogP contribution in [0.1, 0.15) is 19.8 Å². The van der Waals surface area contributed by atoms with E-state index in [1.165, 1.54) is 6.92 Å². The third-order valence-corrected chi connectivity index (χ3v) is 2.10. The molecule has 0 unspecified atom stereocenters. The first-order chi connectivity index (χ1) is 7.75. The summed E-state index contributed by atoms with van der Waals surface area (Å²) in [5.41, 5.74) is 3.38. The molecule has 0 heterocycles. The van der Waals surface area contributed by atoms with Gasteiger partial charge in [-0.25, -0.2) is 0 Å². The molecule has 0 bridgehead atoms. The molecule has 0 spiro atoms. The van der Waals surface area contributed by atoms with Crippen LogP contribution in [0.15, 0.2) is 0 Å². The molecule has 0 aromatic carbocycles. The van der Waals surface area contributed by atoms with Crippen molar-refractivity contribution in [3.05, 3.63) is 0 Å². The number of carbonyl (C=O) groups excluding carboxylic acids is 3. The van der Waals surface area contributed by atoms with Crippen molar-refractivity contribution in [2.24, 2.45) is 0 Å². The van der Waals surface area contributed by atoms with Crippen LogP contribution in [-0.2, 0) is 14.4 Å². The molecular weight excluding hydrogens is 232 g/mol. The van der Waals surface area contributed by atoms with Gasteiger partial charge in [-0.15, -0.1) is 0 Å². The summed E-state index contributed by atoms with van der Waals surface area (Å²) in [6.07, 6.45) is -1.75. The Morgan fingerprint density at radius 1 is 1.35 bits per heavy atom. The molecule has 0 aromatic rings. The SMILES string of the molecule is C[C@@H](O)[C@H](NC(=O)[C@@H]([NH3+])CCC(=O)[O-])C(=O)[O-]. The molecule has 8 nitrogen and oxygen atoms in total. The summed E-state index contributed by atoms with van der Waals surface area (Å²) in [4.78, 5) is 32.1. The second kappa shape index (κ2) is 6.81. The molecule has 0 radical (unpaired) electrons. The van der Waals surface area contributed by atoms with Gasteiger partial charge in [-0.3, -0.25) is 4.79 Å². The topological polar surface area (TPSA) is 157 Å². The van der Waals surface area contributed by atoms with Crippen molar-refractivity contribution in [2.75, 3.05) is 0 Å². The van der Waals surface area contributed by atoms with Crippen molar-refractivity contribution >= 4 is 17.8 Å². The molecule has 0 aliphatic rings. The van der Waals surface area contributed by atoms with E-state index in [0.717, 1.165) is 0 Å². The minimum Gasteiger partial charge on any atom is -0.550 e. The highest BCUT2D eigenvalue weighted by atomic mass is 16.4. The van der Waals surface area contributed by atoms with Gasteiger partial charge >= 0.3 is 0 Å². The average molecular weight is 247 g/mol.